The minimum Gasteiger partial charge on any atom is -0.355 e. The normalized spacial score (nSPS) is 14.9. The van der Waals surface area contributed by atoms with Crippen LogP contribution in [0, 0.1) is 0 Å². The van der Waals surface area contributed by atoms with E-state index in [9.17, 15) is 9.59 Å². The molecule has 0 bridgehead atoms. The Hall–Kier alpha value is -3.69. The number of nitrogens with one attached hydrogen (secondary N) is 2. The molecular formula is C23H28N8O2. The molecule has 1 saturated heterocycles. The van der Waals surface area contributed by atoms with Crippen LogP contribution in [0.3, 0.4) is 0 Å². The molecule has 1 aliphatic heterocycles. The molecule has 2 N–H and O–H groups in total. The molecular weight excluding hydrogens is 420 g/mol. The van der Waals surface area contributed by atoms with Crippen molar-refractivity contribution >= 4 is 33.9 Å². The van der Waals surface area contributed by atoms with E-state index in [1.807, 2.05) is 28.8 Å². The van der Waals surface area contributed by atoms with Gasteiger partial charge >= 0.3 is 5.69 Å². The highest BCUT2D eigenvalue weighted by atomic mass is 16.2. The van der Waals surface area contributed by atoms with E-state index in [0.29, 0.717) is 23.5 Å². The molecule has 0 aliphatic carbocycles. The number of para-hydroxylation sites is 2. The van der Waals surface area contributed by atoms with E-state index in [1.54, 1.807) is 11.6 Å². The van der Waals surface area contributed by atoms with Gasteiger partial charge in [0.15, 0.2) is 17.0 Å². The van der Waals surface area contributed by atoms with Crippen LogP contribution in [0.5, 0.6) is 0 Å². The highest BCUT2D eigenvalue weighted by Gasteiger charge is 2.27. The van der Waals surface area contributed by atoms with E-state index < -0.39 is 0 Å². The summed E-state index contributed by atoms with van der Waals surface area (Å²) < 4.78 is 3.60. The number of aromatic amines is 1. The van der Waals surface area contributed by atoms with Crippen LogP contribution >= 0.6 is 0 Å². The van der Waals surface area contributed by atoms with Crippen LogP contribution in [0.2, 0.25) is 0 Å². The van der Waals surface area contributed by atoms with E-state index >= 15 is 0 Å². The van der Waals surface area contributed by atoms with Crippen LogP contribution in [0.25, 0.3) is 22.2 Å². The molecule has 10 nitrogen and oxygen atoms in total. The first-order valence-corrected chi connectivity index (χ1v) is 11.5. The number of fused-ring (bicyclic) bond motifs is 2. The number of aryl methyl sites for hydroxylation is 1. The Labute approximate surface area is 190 Å². The number of hydrogen-bond donors (Lipinski definition) is 2. The smallest absolute Gasteiger partial charge is 0.326 e. The minimum atomic E-state index is -0.202. The highest BCUT2D eigenvalue weighted by Crippen LogP contribution is 2.30. The monoisotopic (exact) mass is 448 g/mol. The minimum absolute atomic E-state index is 0.0671. The quantitative estimate of drug-likeness (QED) is 0.438. The van der Waals surface area contributed by atoms with Gasteiger partial charge in [0, 0.05) is 32.7 Å². The molecule has 1 amide bonds. The lowest BCUT2D eigenvalue weighted by Gasteiger charge is -2.33. The third-order valence-electron chi connectivity index (χ3n) is 6.41. The van der Waals surface area contributed by atoms with E-state index in [4.69, 9.17) is 0 Å². The molecule has 0 atom stereocenters. The maximum atomic E-state index is 12.6. The van der Waals surface area contributed by atoms with Crippen molar-refractivity contribution in [2.75, 3.05) is 24.5 Å². The second kappa shape index (κ2) is 8.68. The summed E-state index contributed by atoms with van der Waals surface area (Å²) in [6.45, 7) is 4.17. The molecule has 5 rings (SSSR count). The SMILES string of the molecule is CCCCNC(=O)c1nc2c(N3CCC(n4c(=O)[nH]c5ccccc54)CC3)ncnc2n1C. The fourth-order valence-corrected chi connectivity index (χ4v) is 4.65. The molecule has 4 heterocycles. The summed E-state index contributed by atoms with van der Waals surface area (Å²) in [5.41, 5.74) is 3.00. The Morgan fingerprint density at radius 3 is 2.79 bits per heavy atom. The van der Waals surface area contributed by atoms with E-state index in [0.717, 1.165) is 55.6 Å². The van der Waals surface area contributed by atoms with Gasteiger partial charge in [-0.2, -0.15) is 0 Å². The summed E-state index contributed by atoms with van der Waals surface area (Å²) in [5, 5.41) is 2.92. The number of nitrogens with zero attached hydrogens (tertiary/aromatic N) is 6. The first kappa shape index (κ1) is 21.2. The molecule has 1 aliphatic rings. The average molecular weight is 449 g/mol. The van der Waals surface area contributed by atoms with E-state index in [1.165, 1.54) is 6.33 Å². The van der Waals surface area contributed by atoms with Crippen molar-refractivity contribution in [1.29, 1.82) is 0 Å². The third-order valence-corrected chi connectivity index (χ3v) is 6.41. The number of anilines is 1. The van der Waals surface area contributed by atoms with Gasteiger partial charge in [0.05, 0.1) is 11.0 Å². The lowest BCUT2D eigenvalue weighted by atomic mass is 10.0. The van der Waals surface area contributed by atoms with Crippen molar-refractivity contribution < 1.29 is 4.79 Å². The van der Waals surface area contributed by atoms with Crippen LogP contribution < -0.4 is 15.9 Å². The molecule has 1 aromatic carbocycles. The van der Waals surface area contributed by atoms with Gasteiger partial charge < -0.3 is 19.8 Å². The molecule has 10 heteroatoms. The van der Waals surface area contributed by atoms with E-state index in [-0.39, 0.29) is 17.6 Å². The lowest BCUT2D eigenvalue weighted by Crippen LogP contribution is -2.37. The fourth-order valence-electron chi connectivity index (χ4n) is 4.65. The number of imidazole rings is 2. The molecule has 33 heavy (non-hydrogen) atoms. The Morgan fingerprint density at radius 1 is 1.21 bits per heavy atom. The summed E-state index contributed by atoms with van der Waals surface area (Å²) in [7, 11) is 1.80. The number of unbranched alkanes of at least 4 members (excludes halogenated alkanes) is 1. The summed E-state index contributed by atoms with van der Waals surface area (Å²) in [4.78, 5) is 43.8. The summed E-state index contributed by atoms with van der Waals surface area (Å²) in [5.74, 6) is 0.864. The Balaban J connectivity index is 1.38. The number of carbonyl (C=O) groups is 1. The number of benzene rings is 1. The molecule has 0 radical (unpaired) electrons. The van der Waals surface area contributed by atoms with Crippen molar-refractivity contribution in [2.24, 2.45) is 7.05 Å². The number of carbonyl (C=O) groups excluding carboxylic acids is 1. The van der Waals surface area contributed by atoms with Gasteiger partial charge in [-0.1, -0.05) is 25.5 Å². The standard InChI is InChI=1S/C23H28N8O2/c1-3-4-11-24-22(32)21-28-18-19(29(21)2)25-14-26-20(18)30-12-9-15(10-13-30)31-17-8-6-5-7-16(17)27-23(31)33/h5-8,14-15H,3-4,9-13H2,1-2H3,(H,24,32)(H,27,33). The van der Waals surface area contributed by atoms with Gasteiger partial charge in [-0.05, 0) is 31.4 Å². The number of amides is 1. The molecule has 3 aromatic heterocycles. The van der Waals surface area contributed by atoms with Crippen LogP contribution in [0.15, 0.2) is 35.4 Å². The second-order valence-corrected chi connectivity index (χ2v) is 8.51. The van der Waals surface area contributed by atoms with Crippen molar-refractivity contribution in [3.05, 3.63) is 46.9 Å². The van der Waals surface area contributed by atoms with Crippen LogP contribution in [0.4, 0.5) is 5.82 Å². The zero-order valence-corrected chi connectivity index (χ0v) is 18.9. The third kappa shape index (κ3) is 3.75. The van der Waals surface area contributed by atoms with Gasteiger partial charge in [-0.25, -0.2) is 19.7 Å². The topological polar surface area (TPSA) is 114 Å². The maximum Gasteiger partial charge on any atom is 0.326 e. The molecule has 0 saturated carbocycles. The van der Waals surface area contributed by atoms with Crippen molar-refractivity contribution in [2.45, 2.75) is 38.6 Å². The number of piperidine rings is 1. The Kier molecular flexibility index (Phi) is 5.57. The molecule has 172 valence electrons. The average Bonchev–Trinajstić information content (AvgIpc) is 3.35. The molecule has 1 fully saturated rings. The molecule has 0 spiro atoms. The Bertz CT molecular complexity index is 1360. The zero-order valence-electron chi connectivity index (χ0n) is 18.9. The van der Waals surface area contributed by atoms with Gasteiger partial charge in [0.2, 0.25) is 5.82 Å². The van der Waals surface area contributed by atoms with Gasteiger partial charge in [0.25, 0.3) is 5.91 Å². The number of H-pyrrole nitrogens is 1. The maximum absolute atomic E-state index is 12.6. The summed E-state index contributed by atoms with van der Waals surface area (Å²) in [6, 6.07) is 7.91. The van der Waals surface area contributed by atoms with Crippen LogP contribution in [0.1, 0.15) is 49.3 Å². The summed E-state index contributed by atoms with van der Waals surface area (Å²) in [6.07, 6.45) is 5.08. The summed E-state index contributed by atoms with van der Waals surface area (Å²) >= 11 is 0. The molecule has 4 aromatic rings. The van der Waals surface area contributed by atoms with Crippen LogP contribution in [-0.2, 0) is 7.05 Å². The van der Waals surface area contributed by atoms with E-state index in [2.05, 4.69) is 37.1 Å². The van der Waals surface area contributed by atoms with Crippen LogP contribution in [-0.4, -0.2) is 54.6 Å². The largest absolute Gasteiger partial charge is 0.355 e. The zero-order chi connectivity index (χ0) is 22.9. The first-order chi connectivity index (χ1) is 16.1. The van der Waals surface area contributed by atoms with Gasteiger partial charge in [-0.3, -0.25) is 9.36 Å². The number of aromatic nitrogens is 6. The predicted octanol–water partition coefficient (Wildman–Crippen LogP) is 2.38. The van der Waals surface area contributed by atoms with Crippen molar-refractivity contribution in [3.8, 4) is 0 Å². The highest BCUT2D eigenvalue weighted by molar-refractivity contribution is 5.96. The number of hydrogen-bond acceptors (Lipinski definition) is 6. The predicted molar refractivity (Wildman–Crippen MR) is 127 cm³/mol. The fraction of sp³-hybridized carbons (Fsp3) is 0.435. The lowest BCUT2D eigenvalue weighted by molar-refractivity contribution is 0.0940. The van der Waals surface area contributed by atoms with Gasteiger partial charge in [-0.15, -0.1) is 0 Å². The second-order valence-electron chi connectivity index (χ2n) is 8.51. The van der Waals surface area contributed by atoms with Crippen molar-refractivity contribution in [3.63, 3.8) is 0 Å². The first-order valence-electron chi connectivity index (χ1n) is 11.5. The van der Waals surface area contributed by atoms with Crippen molar-refractivity contribution in [1.82, 2.24) is 34.4 Å². The number of rotatable bonds is 6. The Morgan fingerprint density at radius 2 is 2.00 bits per heavy atom. The van der Waals surface area contributed by atoms with Gasteiger partial charge in [0.1, 0.15) is 6.33 Å². The molecule has 0 unspecified atom stereocenters.